The minimum Gasteiger partial charge on any atom is -0.506 e. The first-order valence-electron chi connectivity index (χ1n) is 7.32. The minimum atomic E-state index is -0.335. The molecule has 1 aromatic heterocycles. The molecular formula is C16H20ClN3O2. The standard InChI is InChI=1S/C16H20ClN3O2/c1-4-11(5-2)20-10(3)12(9-18-20)16(22)19-15-13(17)7-6-8-14(15)21/h6-9,11,21H,4-5H2,1-3H3,(H,19,22). The number of carbonyl (C=O) groups excluding carboxylic acids is 1. The molecule has 0 radical (unpaired) electrons. The summed E-state index contributed by atoms with van der Waals surface area (Å²) in [7, 11) is 0. The lowest BCUT2D eigenvalue weighted by Crippen LogP contribution is -2.15. The van der Waals surface area contributed by atoms with Gasteiger partial charge in [0.2, 0.25) is 0 Å². The van der Waals surface area contributed by atoms with E-state index in [4.69, 9.17) is 11.6 Å². The number of rotatable bonds is 5. The molecule has 0 aliphatic carbocycles. The first kappa shape index (κ1) is 16.4. The Balaban J connectivity index is 2.28. The summed E-state index contributed by atoms with van der Waals surface area (Å²) < 4.78 is 1.88. The highest BCUT2D eigenvalue weighted by Crippen LogP contribution is 2.31. The Bertz CT molecular complexity index is 658. The smallest absolute Gasteiger partial charge is 0.259 e. The molecule has 22 heavy (non-hydrogen) atoms. The number of phenols is 1. The second kappa shape index (κ2) is 6.83. The summed E-state index contributed by atoms with van der Waals surface area (Å²) in [6.07, 6.45) is 3.45. The van der Waals surface area contributed by atoms with Crippen LogP contribution in [0.2, 0.25) is 5.02 Å². The van der Waals surface area contributed by atoms with Crippen molar-refractivity contribution in [1.29, 1.82) is 0 Å². The maximum atomic E-state index is 12.4. The third-order valence-corrected chi connectivity index (χ3v) is 4.12. The SMILES string of the molecule is CCC(CC)n1ncc(C(=O)Nc2c(O)cccc2Cl)c1C. The highest BCUT2D eigenvalue weighted by atomic mass is 35.5. The number of nitrogens with zero attached hydrogens (tertiary/aromatic N) is 2. The lowest BCUT2D eigenvalue weighted by molar-refractivity contribution is 0.102. The Labute approximate surface area is 134 Å². The van der Waals surface area contributed by atoms with E-state index in [0.717, 1.165) is 18.5 Å². The van der Waals surface area contributed by atoms with Gasteiger partial charge in [-0.1, -0.05) is 31.5 Å². The number of amides is 1. The van der Waals surface area contributed by atoms with E-state index in [1.807, 2.05) is 11.6 Å². The van der Waals surface area contributed by atoms with Crippen molar-refractivity contribution in [2.75, 3.05) is 5.32 Å². The number of benzene rings is 1. The van der Waals surface area contributed by atoms with Crippen LogP contribution in [0.3, 0.4) is 0 Å². The zero-order chi connectivity index (χ0) is 16.3. The Morgan fingerprint density at radius 2 is 2.09 bits per heavy atom. The third kappa shape index (κ3) is 3.09. The summed E-state index contributed by atoms with van der Waals surface area (Å²) in [5, 5.41) is 17.1. The van der Waals surface area contributed by atoms with Crippen molar-refractivity contribution >= 4 is 23.2 Å². The average molecular weight is 322 g/mol. The van der Waals surface area contributed by atoms with Gasteiger partial charge in [0.1, 0.15) is 11.4 Å². The van der Waals surface area contributed by atoms with Crippen molar-refractivity contribution in [1.82, 2.24) is 9.78 Å². The summed E-state index contributed by atoms with van der Waals surface area (Å²) in [5.74, 6) is -0.399. The summed E-state index contributed by atoms with van der Waals surface area (Å²) in [5.41, 5.74) is 1.49. The Hall–Kier alpha value is -2.01. The molecule has 0 unspecified atom stereocenters. The molecule has 0 atom stereocenters. The van der Waals surface area contributed by atoms with Crippen molar-refractivity contribution < 1.29 is 9.90 Å². The van der Waals surface area contributed by atoms with Crippen molar-refractivity contribution in [2.45, 2.75) is 39.7 Å². The number of hydrogen-bond acceptors (Lipinski definition) is 3. The highest BCUT2D eigenvalue weighted by molar-refractivity contribution is 6.34. The van der Waals surface area contributed by atoms with E-state index < -0.39 is 0 Å². The lowest BCUT2D eigenvalue weighted by Gasteiger charge is -2.15. The number of nitrogens with one attached hydrogen (secondary N) is 1. The molecule has 0 fully saturated rings. The van der Waals surface area contributed by atoms with Crippen LogP contribution < -0.4 is 5.32 Å². The number of aromatic nitrogens is 2. The van der Waals surface area contributed by atoms with Crippen LogP contribution in [0.5, 0.6) is 5.75 Å². The Morgan fingerprint density at radius 3 is 2.68 bits per heavy atom. The van der Waals surface area contributed by atoms with Crippen molar-refractivity contribution in [2.24, 2.45) is 0 Å². The molecule has 0 aliphatic rings. The molecule has 5 nitrogen and oxygen atoms in total. The summed E-state index contributed by atoms with van der Waals surface area (Å²) >= 11 is 6.01. The van der Waals surface area contributed by atoms with Gasteiger partial charge in [0.05, 0.1) is 22.8 Å². The van der Waals surface area contributed by atoms with Gasteiger partial charge in [0.15, 0.2) is 0 Å². The first-order chi connectivity index (χ1) is 10.5. The number of carbonyl (C=O) groups is 1. The van der Waals surface area contributed by atoms with Crippen molar-refractivity contribution in [3.63, 3.8) is 0 Å². The maximum Gasteiger partial charge on any atom is 0.259 e. The number of aromatic hydroxyl groups is 1. The minimum absolute atomic E-state index is 0.0640. The van der Waals surface area contributed by atoms with Gasteiger partial charge in [0.25, 0.3) is 5.91 Å². The monoisotopic (exact) mass is 321 g/mol. The predicted molar refractivity (Wildman–Crippen MR) is 87.7 cm³/mol. The number of para-hydroxylation sites is 1. The van der Waals surface area contributed by atoms with Gasteiger partial charge in [-0.25, -0.2) is 0 Å². The third-order valence-electron chi connectivity index (χ3n) is 3.81. The summed E-state index contributed by atoms with van der Waals surface area (Å²) in [4.78, 5) is 12.4. The largest absolute Gasteiger partial charge is 0.506 e. The fourth-order valence-electron chi connectivity index (χ4n) is 2.47. The molecule has 1 heterocycles. The molecule has 6 heteroatoms. The maximum absolute atomic E-state index is 12.4. The molecule has 2 rings (SSSR count). The zero-order valence-electron chi connectivity index (χ0n) is 12.9. The van der Waals surface area contributed by atoms with E-state index >= 15 is 0 Å². The zero-order valence-corrected chi connectivity index (χ0v) is 13.7. The Kier molecular flexibility index (Phi) is 5.08. The molecule has 0 saturated heterocycles. The van der Waals surface area contributed by atoms with Gasteiger partial charge in [-0.15, -0.1) is 0 Å². The number of halogens is 1. The van der Waals surface area contributed by atoms with Gasteiger partial charge >= 0.3 is 0 Å². The molecule has 1 aromatic carbocycles. The Morgan fingerprint density at radius 1 is 1.41 bits per heavy atom. The second-order valence-electron chi connectivity index (χ2n) is 5.15. The van der Waals surface area contributed by atoms with Gasteiger partial charge in [-0.05, 0) is 31.9 Å². The van der Waals surface area contributed by atoms with E-state index in [9.17, 15) is 9.90 Å². The van der Waals surface area contributed by atoms with Crippen LogP contribution in [0, 0.1) is 6.92 Å². The van der Waals surface area contributed by atoms with Gasteiger partial charge < -0.3 is 10.4 Å². The molecule has 118 valence electrons. The molecule has 2 aromatic rings. The highest BCUT2D eigenvalue weighted by Gasteiger charge is 2.19. The summed E-state index contributed by atoms with van der Waals surface area (Å²) in [6.45, 7) is 6.06. The van der Waals surface area contributed by atoms with Crippen LogP contribution in [-0.2, 0) is 0 Å². The van der Waals surface area contributed by atoms with E-state index in [1.54, 1.807) is 18.3 Å². The van der Waals surface area contributed by atoms with E-state index in [1.165, 1.54) is 6.07 Å². The normalized spacial score (nSPS) is 11.0. The van der Waals surface area contributed by atoms with Crippen LogP contribution in [0.4, 0.5) is 5.69 Å². The average Bonchev–Trinajstić information content (AvgIpc) is 2.86. The van der Waals surface area contributed by atoms with Gasteiger partial charge in [-0.3, -0.25) is 9.48 Å². The predicted octanol–water partition coefficient (Wildman–Crippen LogP) is 4.16. The lowest BCUT2D eigenvalue weighted by atomic mass is 10.1. The van der Waals surface area contributed by atoms with E-state index in [0.29, 0.717) is 10.6 Å². The van der Waals surface area contributed by atoms with Crippen LogP contribution >= 0.6 is 11.6 Å². The van der Waals surface area contributed by atoms with Crippen molar-refractivity contribution in [3.05, 3.63) is 40.7 Å². The van der Waals surface area contributed by atoms with Gasteiger partial charge in [0, 0.05) is 5.69 Å². The fourth-order valence-corrected chi connectivity index (χ4v) is 2.68. The topological polar surface area (TPSA) is 67.2 Å². The quantitative estimate of drug-likeness (QED) is 0.812. The number of anilines is 1. The number of hydrogen-bond donors (Lipinski definition) is 2. The molecular weight excluding hydrogens is 302 g/mol. The second-order valence-corrected chi connectivity index (χ2v) is 5.55. The number of phenolic OH excluding ortho intramolecular Hbond substituents is 1. The van der Waals surface area contributed by atoms with E-state index in [-0.39, 0.29) is 23.4 Å². The summed E-state index contributed by atoms with van der Waals surface area (Å²) in [6, 6.07) is 4.97. The first-order valence-corrected chi connectivity index (χ1v) is 7.70. The van der Waals surface area contributed by atoms with Crippen LogP contribution in [0.15, 0.2) is 24.4 Å². The van der Waals surface area contributed by atoms with Crippen molar-refractivity contribution in [3.8, 4) is 5.75 Å². The van der Waals surface area contributed by atoms with Gasteiger partial charge in [-0.2, -0.15) is 5.10 Å². The van der Waals surface area contributed by atoms with Crippen LogP contribution in [0.25, 0.3) is 0 Å². The molecule has 0 bridgehead atoms. The fraction of sp³-hybridized carbons (Fsp3) is 0.375. The van der Waals surface area contributed by atoms with Crippen LogP contribution in [0.1, 0.15) is 48.8 Å². The molecule has 0 saturated carbocycles. The molecule has 0 spiro atoms. The molecule has 2 N–H and O–H groups in total. The molecule has 1 amide bonds. The molecule has 0 aliphatic heterocycles. The van der Waals surface area contributed by atoms with E-state index in [2.05, 4.69) is 24.3 Å². The van der Waals surface area contributed by atoms with Crippen LogP contribution in [-0.4, -0.2) is 20.8 Å².